The van der Waals surface area contributed by atoms with Crippen LogP contribution in [0.5, 0.6) is 11.5 Å². The van der Waals surface area contributed by atoms with Gasteiger partial charge in [-0.25, -0.2) is 9.97 Å². The summed E-state index contributed by atoms with van der Waals surface area (Å²) >= 11 is 0. The summed E-state index contributed by atoms with van der Waals surface area (Å²) in [5.74, 6) is 3.41. The van der Waals surface area contributed by atoms with Crippen molar-refractivity contribution in [2.75, 3.05) is 11.9 Å². The Hall–Kier alpha value is -4.96. The first-order valence-electron chi connectivity index (χ1n) is 13.3. The van der Waals surface area contributed by atoms with Crippen LogP contribution in [0.15, 0.2) is 140 Å². The number of aromatic nitrogens is 2. The molecule has 1 heterocycles. The first-order valence-corrected chi connectivity index (χ1v) is 13.3. The van der Waals surface area contributed by atoms with E-state index in [1.807, 2.05) is 72.8 Å². The van der Waals surface area contributed by atoms with Gasteiger partial charge in [0.15, 0.2) is 5.82 Å². The van der Waals surface area contributed by atoms with E-state index in [-0.39, 0.29) is 0 Å². The van der Waals surface area contributed by atoms with Crippen LogP contribution in [0.3, 0.4) is 0 Å². The molecule has 190 valence electrons. The minimum atomic E-state index is 0.296. The second-order valence-corrected chi connectivity index (χ2v) is 9.44. The molecule has 39 heavy (non-hydrogen) atoms. The number of hydrogen-bond donors (Lipinski definition) is 1. The highest BCUT2D eigenvalue weighted by atomic mass is 16.5. The molecule has 4 nitrogen and oxygen atoms in total. The quantitative estimate of drug-likeness (QED) is 0.213. The van der Waals surface area contributed by atoms with Crippen molar-refractivity contribution in [1.82, 2.24) is 9.97 Å². The number of nitrogens with zero attached hydrogens (tertiary/aromatic N) is 2. The molecule has 5 aromatic carbocycles. The molecule has 1 aromatic heterocycles. The lowest BCUT2D eigenvalue weighted by Crippen LogP contribution is -2.11. The average molecular weight is 508 g/mol. The van der Waals surface area contributed by atoms with Gasteiger partial charge in [0.05, 0.1) is 5.52 Å². The molecule has 0 bridgehead atoms. The molecule has 1 N–H and O–H groups in total. The zero-order valence-electron chi connectivity index (χ0n) is 21.6. The summed E-state index contributed by atoms with van der Waals surface area (Å²) in [7, 11) is 0. The van der Waals surface area contributed by atoms with Gasteiger partial charge in [-0.05, 0) is 66.1 Å². The number of benzene rings is 5. The molecule has 0 radical (unpaired) electrons. The molecule has 4 heteroatoms. The Kier molecular flexibility index (Phi) is 7.26. The predicted molar refractivity (Wildman–Crippen MR) is 159 cm³/mol. The Labute approximate surface area is 229 Å². The maximum atomic E-state index is 5.96. The molecule has 0 aliphatic heterocycles. The Bertz CT molecular complexity index is 1600. The van der Waals surface area contributed by atoms with Gasteiger partial charge in [0, 0.05) is 23.4 Å². The van der Waals surface area contributed by atoms with E-state index in [9.17, 15) is 0 Å². The van der Waals surface area contributed by atoms with Gasteiger partial charge in [0.2, 0.25) is 0 Å². The van der Waals surface area contributed by atoms with Gasteiger partial charge < -0.3 is 10.1 Å². The van der Waals surface area contributed by atoms with Gasteiger partial charge in [-0.15, -0.1) is 0 Å². The summed E-state index contributed by atoms with van der Waals surface area (Å²) in [5, 5.41) is 4.65. The average Bonchev–Trinajstić information content (AvgIpc) is 3.01. The fraction of sp³-hybridized carbons (Fsp3) is 0.0857. The zero-order chi connectivity index (χ0) is 26.3. The van der Waals surface area contributed by atoms with Gasteiger partial charge >= 0.3 is 0 Å². The summed E-state index contributed by atoms with van der Waals surface area (Å²) < 4.78 is 5.96. The van der Waals surface area contributed by atoms with E-state index in [1.54, 1.807) is 0 Å². The van der Waals surface area contributed by atoms with Crippen molar-refractivity contribution in [2.24, 2.45) is 0 Å². The molecule has 0 spiro atoms. The van der Waals surface area contributed by atoms with Gasteiger partial charge in [0.1, 0.15) is 17.3 Å². The first kappa shape index (κ1) is 24.4. The molecule has 0 amide bonds. The third kappa shape index (κ3) is 5.81. The van der Waals surface area contributed by atoms with E-state index in [0.717, 1.165) is 46.7 Å². The molecule has 0 atom stereocenters. The van der Waals surface area contributed by atoms with Crippen LogP contribution in [-0.4, -0.2) is 16.5 Å². The minimum Gasteiger partial charge on any atom is -0.457 e. The number of nitrogens with one attached hydrogen (secondary N) is 1. The smallest absolute Gasteiger partial charge is 0.162 e. The molecule has 0 fully saturated rings. The lowest BCUT2D eigenvalue weighted by Gasteiger charge is -2.19. The summed E-state index contributed by atoms with van der Waals surface area (Å²) in [6, 6.07) is 47.3. The third-order valence-electron chi connectivity index (χ3n) is 6.82. The van der Waals surface area contributed by atoms with Crippen LogP contribution in [0, 0.1) is 0 Å². The normalized spacial score (nSPS) is 11.0. The lowest BCUT2D eigenvalue weighted by molar-refractivity contribution is 0.483. The highest BCUT2D eigenvalue weighted by molar-refractivity contribution is 5.90. The molecule has 0 aliphatic carbocycles. The monoisotopic (exact) mass is 507 g/mol. The summed E-state index contributed by atoms with van der Waals surface area (Å²) in [6.07, 6.45) is 0.938. The maximum absolute atomic E-state index is 5.96. The Morgan fingerprint density at radius 2 is 1.13 bits per heavy atom. The third-order valence-corrected chi connectivity index (χ3v) is 6.82. The van der Waals surface area contributed by atoms with Crippen molar-refractivity contribution < 1.29 is 4.74 Å². The van der Waals surface area contributed by atoms with Crippen molar-refractivity contribution in [2.45, 2.75) is 12.3 Å². The number of ether oxygens (including phenoxy) is 1. The van der Waals surface area contributed by atoms with Crippen molar-refractivity contribution in [3.05, 3.63) is 151 Å². The first-order chi connectivity index (χ1) is 19.3. The second kappa shape index (κ2) is 11.6. The summed E-state index contributed by atoms with van der Waals surface area (Å²) in [5.41, 5.74) is 4.49. The minimum absolute atomic E-state index is 0.296. The lowest BCUT2D eigenvalue weighted by atomic mass is 9.88. The van der Waals surface area contributed by atoms with E-state index < -0.39 is 0 Å². The van der Waals surface area contributed by atoms with Crippen molar-refractivity contribution in [1.29, 1.82) is 0 Å². The fourth-order valence-corrected chi connectivity index (χ4v) is 4.87. The molecule has 0 saturated carbocycles. The summed E-state index contributed by atoms with van der Waals surface area (Å²) in [4.78, 5) is 9.83. The number of para-hydroxylation sites is 2. The molecular weight excluding hydrogens is 478 g/mol. The van der Waals surface area contributed by atoms with Crippen LogP contribution < -0.4 is 10.1 Å². The molecule has 0 unspecified atom stereocenters. The van der Waals surface area contributed by atoms with Crippen LogP contribution in [0.25, 0.3) is 22.3 Å². The fourth-order valence-electron chi connectivity index (χ4n) is 4.87. The van der Waals surface area contributed by atoms with E-state index in [2.05, 4.69) is 72.0 Å². The van der Waals surface area contributed by atoms with Crippen LogP contribution >= 0.6 is 0 Å². The van der Waals surface area contributed by atoms with E-state index in [0.29, 0.717) is 11.7 Å². The Morgan fingerprint density at radius 1 is 0.564 bits per heavy atom. The number of fused-ring (bicyclic) bond motifs is 1. The van der Waals surface area contributed by atoms with E-state index >= 15 is 0 Å². The topological polar surface area (TPSA) is 47.0 Å². The standard InChI is InChI=1S/C35H29N3O/c1-4-12-26(13-5-1)31(27-14-6-2-7-15-27)24-25-36-35-32-18-10-11-19-33(32)37-34(38-35)28-20-22-30(23-21-28)39-29-16-8-3-9-17-29/h1-23,31H,24-25H2,(H,36,37,38). The highest BCUT2D eigenvalue weighted by Gasteiger charge is 2.15. The highest BCUT2D eigenvalue weighted by Crippen LogP contribution is 2.30. The van der Waals surface area contributed by atoms with Gasteiger partial charge in [-0.1, -0.05) is 91.0 Å². The van der Waals surface area contributed by atoms with E-state index in [4.69, 9.17) is 14.7 Å². The van der Waals surface area contributed by atoms with Crippen LogP contribution in [-0.2, 0) is 0 Å². The van der Waals surface area contributed by atoms with Crippen molar-refractivity contribution in [3.63, 3.8) is 0 Å². The van der Waals surface area contributed by atoms with Gasteiger partial charge in [0.25, 0.3) is 0 Å². The maximum Gasteiger partial charge on any atom is 0.162 e. The predicted octanol–water partition coefficient (Wildman–Crippen LogP) is 8.72. The van der Waals surface area contributed by atoms with Crippen molar-refractivity contribution >= 4 is 16.7 Å². The number of anilines is 1. The number of hydrogen-bond acceptors (Lipinski definition) is 4. The zero-order valence-corrected chi connectivity index (χ0v) is 21.6. The van der Waals surface area contributed by atoms with Crippen molar-refractivity contribution in [3.8, 4) is 22.9 Å². The Balaban J connectivity index is 1.24. The number of rotatable bonds is 9. The van der Waals surface area contributed by atoms with Gasteiger partial charge in [-0.3, -0.25) is 0 Å². The molecule has 0 aliphatic rings. The molecule has 0 saturated heterocycles. The van der Waals surface area contributed by atoms with Crippen LogP contribution in [0.4, 0.5) is 5.82 Å². The van der Waals surface area contributed by atoms with Crippen LogP contribution in [0.1, 0.15) is 23.5 Å². The summed E-state index contributed by atoms with van der Waals surface area (Å²) in [6.45, 7) is 0.777. The molecule has 6 aromatic rings. The SMILES string of the molecule is c1ccc(Oc2ccc(-c3nc(NCCC(c4ccccc4)c4ccccc4)c4ccccc4n3)cc2)cc1. The molecular formula is C35H29N3O. The largest absolute Gasteiger partial charge is 0.457 e. The van der Waals surface area contributed by atoms with Gasteiger partial charge in [-0.2, -0.15) is 0 Å². The second-order valence-electron chi connectivity index (χ2n) is 9.44. The van der Waals surface area contributed by atoms with Crippen LogP contribution in [0.2, 0.25) is 0 Å². The Morgan fingerprint density at radius 3 is 1.79 bits per heavy atom. The molecule has 6 rings (SSSR count). The van der Waals surface area contributed by atoms with E-state index in [1.165, 1.54) is 11.1 Å².